The highest BCUT2D eigenvalue weighted by Gasteiger charge is 2.08. The smallest absolute Gasteiger partial charge is 0.177 e. The molecule has 0 amide bonds. The molecule has 4 nitrogen and oxygen atoms in total. The first kappa shape index (κ1) is 12.9. The zero-order valence-corrected chi connectivity index (χ0v) is 11.6. The van der Waals surface area contributed by atoms with Crippen LogP contribution in [0.4, 0.5) is 0 Å². The minimum atomic E-state index is 0.386. The molecule has 2 N–H and O–H groups in total. The molecule has 5 heteroatoms. The predicted octanol–water partition coefficient (Wildman–Crippen LogP) is 3.44. The average Bonchev–Trinajstić information content (AvgIpc) is 3.16. The summed E-state index contributed by atoms with van der Waals surface area (Å²) >= 11 is 1.62. The Labute approximate surface area is 120 Å². The monoisotopic (exact) mass is 286 g/mol. The molecule has 20 heavy (non-hydrogen) atoms. The minimum Gasteiger partial charge on any atom is -0.487 e. The second kappa shape index (κ2) is 5.90. The molecule has 0 unspecified atom stereocenters. The zero-order chi connectivity index (χ0) is 13.8. The van der Waals surface area contributed by atoms with E-state index in [1.807, 2.05) is 47.8 Å². The number of aromatic nitrogens is 1. The van der Waals surface area contributed by atoms with Crippen molar-refractivity contribution in [2.75, 3.05) is 0 Å². The van der Waals surface area contributed by atoms with Crippen LogP contribution in [0.2, 0.25) is 0 Å². The highest BCUT2D eigenvalue weighted by atomic mass is 32.1. The minimum absolute atomic E-state index is 0.386. The Bertz CT molecular complexity index is 660. The van der Waals surface area contributed by atoms with E-state index >= 15 is 0 Å². The standard InChI is InChI=1S/C15H14N2O2S/c16-9-11-3-5-13(6-4-11)18-10-12-8-14(19-17-12)15-2-1-7-20-15/h1-8H,9-10,16H2. The number of nitrogens with two attached hydrogens (primary N) is 1. The van der Waals surface area contributed by atoms with Crippen molar-refractivity contribution < 1.29 is 9.26 Å². The Kier molecular flexibility index (Phi) is 3.80. The fourth-order valence-corrected chi connectivity index (χ4v) is 2.47. The van der Waals surface area contributed by atoms with Gasteiger partial charge in [0.1, 0.15) is 18.1 Å². The first-order chi connectivity index (χ1) is 9.85. The molecule has 0 radical (unpaired) electrons. The molecule has 0 atom stereocenters. The number of ether oxygens (including phenoxy) is 1. The SMILES string of the molecule is NCc1ccc(OCc2cc(-c3cccs3)on2)cc1. The third-order valence-corrected chi connectivity index (χ3v) is 3.75. The summed E-state index contributed by atoms with van der Waals surface area (Å²) in [6.45, 7) is 0.921. The fraction of sp³-hybridized carbons (Fsp3) is 0.133. The Hall–Kier alpha value is -2.11. The van der Waals surface area contributed by atoms with Crippen LogP contribution in [0, 0.1) is 0 Å². The maximum absolute atomic E-state index is 5.66. The summed E-state index contributed by atoms with van der Waals surface area (Å²) < 4.78 is 11.0. The molecule has 0 aliphatic carbocycles. The molecule has 102 valence electrons. The van der Waals surface area contributed by atoms with Gasteiger partial charge in [0.05, 0.1) is 4.88 Å². The largest absolute Gasteiger partial charge is 0.487 e. The predicted molar refractivity (Wildman–Crippen MR) is 78.5 cm³/mol. The highest BCUT2D eigenvalue weighted by Crippen LogP contribution is 2.25. The van der Waals surface area contributed by atoms with Crippen LogP contribution in [0.3, 0.4) is 0 Å². The summed E-state index contributed by atoms with van der Waals surface area (Å²) in [5.41, 5.74) is 7.41. The lowest BCUT2D eigenvalue weighted by Gasteiger charge is -2.04. The first-order valence-corrected chi connectivity index (χ1v) is 7.14. The van der Waals surface area contributed by atoms with Gasteiger partial charge < -0.3 is 15.0 Å². The van der Waals surface area contributed by atoms with E-state index in [0.717, 1.165) is 27.6 Å². The first-order valence-electron chi connectivity index (χ1n) is 6.26. The van der Waals surface area contributed by atoms with Crippen molar-refractivity contribution in [1.82, 2.24) is 5.16 Å². The number of rotatable bonds is 5. The number of thiophene rings is 1. The van der Waals surface area contributed by atoms with Gasteiger partial charge in [-0.05, 0) is 29.1 Å². The van der Waals surface area contributed by atoms with Crippen LogP contribution in [-0.4, -0.2) is 5.16 Å². The highest BCUT2D eigenvalue weighted by molar-refractivity contribution is 7.13. The number of hydrogen-bond donors (Lipinski definition) is 1. The van der Waals surface area contributed by atoms with E-state index < -0.39 is 0 Å². The quantitative estimate of drug-likeness (QED) is 0.780. The summed E-state index contributed by atoms with van der Waals surface area (Å²) in [5.74, 6) is 1.57. The molecule has 0 fully saturated rings. The van der Waals surface area contributed by atoms with E-state index in [9.17, 15) is 0 Å². The third kappa shape index (κ3) is 2.89. The summed E-state index contributed by atoms with van der Waals surface area (Å²) in [4.78, 5) is 1.07. The Morgan fingerprint density at radius 2 is 2.05 bits per heavy atom. The molecule has 1 aromatic carbocycles. The van der Waals surface area contributed by atoms with Gasteiger partial charge in [0.25, 0.3) is 0 Å². The van der Waals surface area contributed by atoms with E-state index in [1.54, 1.807) is 11.3 Å². The molecule has 3 aromatic rings. The van der Waals surface area contributed by atoms with Gasteiger partial charge in [-0.1, -0.05) is 23.4 Å². The Morgan fingerprint density at radius 3 is 2.75 bits per heavy atom. The van der Waals surface area contributed by atoms with Crippen molar-refractivity contribution in [3.8, 4) is 16.4 Å². The van der Waals surface area contributed by atoms with Crippen molar-refractivity contribution in [3.63, 3.8) is 0 Å². The second-order valence-corrected chi connectivity index (χ2v) is 5.24. The van der Waals surface area contributed by atoms with Gasteiger partial charge in [-0.2, -0.15) is 0 Å². The van der Waals surface area contributed by atoms with Crippen LogP contribution in [-0.2, 0) is 13.2 Å². The van der Waals surface area contributed by atoms with Gasteiger partial charge in [-0.3, -0.25) is 0 Å². The summed E-state index contributed by atoms with van der Waals surface area (Å²) in [5, 5.41) is 6.01. The summed E-state index contributed by atoms with van der Waals surface area (Å²) in [7, 11) is 0. The van der Waals surface area contributed by atoms with E-state index in [-0.39, 0.29) is 0 Å². The number of benzene rings is 1. The Morgan fingerprint density at radius 1 is 1.20 bits per heavy atom. The maximum Gasteiger partial charge on any atom is 0.177 e. The summed E-state index contributed by atoms with van der Waals surface area (Å²) in [6, 6.07) is 13.6. The zero-order valence-electron chi connectivity index (χ0n) is 10.8. The van der Waals surface area contributed by atoms with Crippen molar-refractivity contribution in [2.45, 2.75) is 13.2 Å². The van der Waals surface area contributed by atoms with Crippen molar-refractivity contribution in [2.24, 2.45) is 5.73 Å². The molecular formula is C15H14N2O2S. The third-order valence-electron chi connectivity index (χ3n) is 2.87. The normalized spacial score (nSPS) is 10.7. The summed E-state index contributed by atoms with van der Waals surface area (Å²) in [6.07, 6.45) is 0. The molecular weight excluding hydrogens is 272 g/mol. The lowest BCUT2D eigenvalue weighted by molar-refractivity contribution is 0.290. The maximum atomic E-state index is 5.66. The lowest BCUT2D eigenvalue weighted by atomic mass is 10.2. The van der Waals surface area contributed by atoms with Crippen LogP contribution in [0.15, 0.2) is 52.4 Å². The fourth-order valence-electron chi connectivity index (χ4n) is 1.79. The van der Waals surface area contributed by atoms with Crippen LogP contribution in [0.1, 0.15) is 11.3 Å². The van der Waals surface area contributed by atoms with E-state index in [2.05, 4.69) is 5.16 Å². The Balaban J connectivity index is 1.63. The number of hydrogen-bond acceptors (Lipinski definition) is 5. The van der Waals surface area contributed by atoms with E-state index in [0.29, 0.717) is 13.2 Å². The number of nitrogens with zero attached hydrogens (tertiary/aromatic N) is 1. The van der Waals surface area contributed by atoms with Crippen LogP contribution in [0.25, 0.3) is 10.6 Å². The molecule has 2 heterocycles. The van der Waals surface area contributed by atoms with Gasteiger partial charge in [0.15, 0.2) is 5.76 Å². The van der Waals surface area contributed by atoms with Crippen molar-refractivity contribution in [3.05, 3.63) is 59.1 Å². The van der Waals surface area contributed by atoms with Crippen molar-refractivity contribution >= 4 is 11.3 Å². The lowest BCUT2D eigenvalue weighted by Crippen LogP contribution is -1.97. The van der Waals surface area contributed by atoms with Crippen LogP contribution >= 0.6 is 11.3 Å². The van der Waals surface area contributed by atoms with Gasteiger partial charge in [-0.15, -0.1) is 11.3 Å². The molecule has 0 saturated carbocycles. The molecule has 3 rings (SSSR count). The molecule has 2 aromatic heterocycles. The molecule has 0 bridgehead atoms. The van der Waals surface area contributed by atoms with E-state index in [4.69, 9.17) is 15.0 Å². The van der Waals surface area contributed by atoms with Gasteiger partial charge in [0, 0.05) is 12.6 Å². The molecule has 0 spiro atoms. The average molecular weight is 286 g/mol. The molecule has 0 aliphatic heterocycles. The van der Waals surface area contributed by atoms with E-state index in [1.165, 1.54) is 0 Å². The molecule has 0 aliphatic rings. The van der Waals surface area contributed by atoms with Crippen LogP contribution < -0.4 is 10.5 Å². The molecule has 0 saturated heterocycles. The van der Waals surface area contributed by atoms with Gasteiger partial charge in [0.2, 0.25) is 0 Å². The van der Waals surface area contributed by atoms with Crippen molar-refractivity contribution in [1.29, 1.82) is 0 Å². The topological polar surface area (TPSA) is 61.3 Å². The second-order valence-electron chi connectivity index (χ2n) is 4.30. The van der Waals surface area contributed by atoms with Gasteiger partial charge >= 0.3 is 0 Å². The van der Waals surface area contributed by atoms with Gasteiger partial charge in [-0.25, -0.2) is 0 Å². The van der Waals surface area contributed by atoms with Crippen LogP contribution in [0.5, 0.6) is 5.75 Å².